The first-order valence-corrected chi connectivity index (χ1v) is 6.81. The number of nitrogens with zero attached hydrogens (tertiary/aromatic N) is 1. The van der Waals surface area contributed by atoms with Crippen molar-refractivity contribution >= 4 is 33.3 Å². The van der Waals surface area contributed by atoms with Gasteiger partial charge in [0.2, 0.25) is 0 Å². The molecule has 0 unspecified atom stereocenters. The Morgan fingerprint density at radius 2 is 2.00 bits per heavy atom. The summed E-state index contributed by atoms with van der Waals surface area (Å²) in [5.74, 6) is 5.72. The van der Waals surface area contributed by atoms with Crippen molar-refractivity contribution < 1.29 is 4.79 Å². The fourth-order valence-electron chi connectivity index (χ4n) is 1.82. The van der Waals surface area contributed by atoms with E-state index in [2.05, 4.69) is 31.7 Å². The van der Waals surface area contributed by atoms with Crippen molar-refractivity contribution in [1.29, 1.82) is 0 Å². The first-order valence-electron chi connectivity index (χ1n) is 6.02. The minimum Gasteiger partial charge on any atom is -0.324 e. The zero-order chi connectivity index (χ0) is 14.7. The van der Waals surface area contributed by atoms with Gasteiger partial charge in [0.15, 0.2) is 0 Å². The van der Waals surface area contributed by atoms with Crippen LogP contribution in [0.3, 0.4) is 0 Å². The number of halogens is 1. The van der Waals surface area contributed by atoms with Crippen LogP contribution in [0.5, 0.6) is 0 Å². The second-order valence-corrected chi connectivity index (χ2v) is 5.36. The molecule has 1 heterocycles. The lowest BCUT2D eigenvalue weighted by atomic mass is 10.1. The molecule has 0 saturated heterocycles. The van der Waals surface area contributed by atoms with E-state index >= 15 is 0 Å². The summed E-state index contributed by atoms with van der Waals surface area (Å²) < 4.78 is 0.877. The lowest BCUT2D eigenvalue weighted by Crippen LogP contribution is -2.15. The van der Waals surface area contributed by atoms with Crippen LogP contribution in [0.4, 0.5) is 11.5 Å². The number of nitrogens with one attached hydrogen (secondary N) is 2. The Bertz CT molecular complexity index is 658. The zero-order valence-corrected chi connectivity index (χ0v) is 12.8. The average Bonchev–Trinajstić information content (AvgIpc) is 2.41. The standard InChI is InChI=1S/C14H15BrN4O/c1-8-5-10(3-4-12(8)19-16)14(20)18-13-9(2)6-11(15)7-17-13/h3-7,19H,16H2,1-2H3,(H,17,18,20). The second kappa shape index (κ2) is 6.02. The van der Waals surface area contributed by atoms with Gasteiger partial charge in [-0.05, 0) is 65.2 Å². The lowest BCUT2D eigenvalue weighted by Gasteiger charge is -2.10. The Labute approximate surface area is 125 Å². The molecule has 5 nitrogen and oxygen atoms in total. The monoisotopic (exact) mass is 334 g/mol. The molecular formula is C14H15BrN4O. The Hall–Kier alpha value is -1.92. The van der Waals surface area contributed by atoms with Crippen molar-refractivity contribution in [2.45, 2.75) is 13.8 Å². The number of nitrogens with two attached hydrogens (primary N) is 1. The molecule has 0 spiro atoms. The number of carbonyl (C=O) groups is 1. The van der Waals surface area contributed by atoms with E-state index in [4.69, 9.17) is 5.84 Å². The molecule has 0 fully saturated rings. The molecule has 4 N–H and O–H groups in total. The lowest BCUT2D eigenvalue weighted by molar-refractivity contribution is 0.102. The van der Waals surface area contributed by atoms with Crippen LogP contribution in [0, 0.1) is 13.8 Å². The normalized spacial score (nSPS) is 10.2. The van der Waals surface area contributed by atoms with E-state index in [0.29, 0.717) is 11.4 Å². The fourth-order valence-corrected chi connectivity index (χ4v) is 2.26. The fraction of sp³-hybridized carbons (Fsp3) is 0.143. The van der Waals surface area contributed by atoms with Crippen molar-refractivity contribution in [2.75, 3.05) is 10.7 Å². The number of rotatable bonds is 3. The van der Waals surface area contributed by atoms with Crippen molar-refractivity contribution in [3.05, 3.63) is 51.6 Å². The number of anilines is 2. The van der Waals surface area contributed by atoms with Crippen molar-refractivity contribution in [3.8, 4) is 0 Å². The average molecular weight is 335 g/mol. The van der Waals surface area contributed by atoms with Gasteiger partial charge in [0.05, 0.1) is 5.69 Å². The first-order chi connectivity index (χ1) is 9.51. The van der Waals surface area contributed by atoms with Gasteiger partial charge in [0.25, 0.3) is 5.91 Å². The van der Waals surface area contributed by atoms with Gasteiger partial charge in [-0.15, -0.1) is 0 Å². The number of nitrogen functional groups attached to an aromatic ring is 1. The summed E-state index contributed by atoms with van der Waals surface area (Å²) in [6.07, 6.45) is 1.65. The van der Waals surface area contributed by atoms with Crippen LogP contribution in [0.15, 0.2) is 34.9 Å². The van der Waals surface area contributed by atoms with E-state index in [0.717, 1.165) is 21.3 Å². The van der Waals surface area contributed by atoms with Crippen molar-refractivity contribution in [3.63, 3.8) is 0 Å². The third-order valence-electron chi connectivity index (χ3n) is 2.92. The number of amides is 1. The quantitative estimate of drug-likeness (QED) is 0.595. The van der Waals surface area contributed by atoms with E-state index in [1.54, 1.807) is 24.4 Å². The third-order valence-corrected chi connectivity index (χ3v) is 3.35. The van der Waals surface area contributed by atoms with Gasteiger partial charge < -0.3 is 10.7 Å². The summed E-state index contributed by atoms with van der Waals surface area (Å²) in [7, 11) is 0. The molecule has 1 amide bonds. The second-order valence-electron chi connectivity index (χ2n) is 4.45. The summed E-state index contributed by atoms with van der Waals surface area (Å²) in [6.45, 7) is 3.77. The molecule has 20 heavy (non-hydrogen) atoms. The maximum Gasteiger partial charge on any atom is 0.256 e. The molecule has 2 rings (SSSR count). The van der Waals surface area contributed by atoms with Crippen LogP contribution in [0.1, 0.15) is 21.5 Å². The number of aryl methyl sites for hydroxylation is 2. The van der Waals surface area contributed by atoms with Crippen LogP contribution >= 0.6 is 15.9 Å². The van der Waals surface area contributed by atoms with E-state index < -0.39 is 0 Å². The van der Waals surface area contributed by atoms with Crippen LogP contribution in [-0.2, 0) is 0 Å². The number of hydrogen-bond acceptors (Lipinski definition) is 4. The molecule has 0 aliphatic rings. The van der Waals surface area contributed by atoms with Gasteiger partial charge in [-0.2, -0.15) is 0 Å². The van der Waals surface area contributed by atoms with Crippen LogP contribution in [0.2, 0.25) is 0 Å². The van der Waals surface area contributed by atoms with Crippen LogP contribution in [0.25, 0.3) is 0 Å². The molecule has 0 radical (unpaired) electrons. The van der Waals surface area contributed by atoms with Gasteiger partial charge in [-0.25, -0.2) is 4.98 Å². The number of benzene rings is 1. The van der Waals surface area contributed by atoms with Gasteiger partial charge in [0.1, 0.15) is 5.82 Å². The molecule has 0 aliphatic carbocycles. The minimum absolute atomic E-state index is 0.199. The molecule has 0 saturated carbocycles. The molecular weight excluding hydrogens is 320 g/mol. The molecule has 6 heteroatoms. The maximum absolute atomic E-state index is 12.2. The molecule has 0 atom stereocenters. The zero-order valence-electron chi connectivity index (χ0n) is 11.2. The summed E-state index contributed by atoms with van der Waals surface area (Å²) >= 11 is 3.34. The topological polar surface area (TPSA) is 80.0 Å². The van der Waals surface area contributed by atoms with E-state index in [9.17, 15) is 4.79 Å². The third kappa shape index (κ3) is 3.15. The van der Waals surface area contributed by atoms with E-state index in [1.807, 2.05) is 19.9 Å². The van der Waals surface area contributed by atoms with Crippen molar-refractivity contribution in [2.24, 2.45) is 5.84 Å². The molecule has 1 aromatic heterocycles. The number of hydrogen-bond donors (Lipinski definition) is 3. The summed E-state index contributed by atoms with van der Waals surface area (Å²) in [5.41, 5.74) is 5.73. The van der Waals surface area contributed by atoms with Crippen LogP contribution < -0.4 is 16.6 Å². The summed E-state index contributed by atoms with van der Waals surface area (Å²) in [5, 5.41) is 2.80. The number of carbonyl (C=O) groups excluding carboxylic acids is 1. The Morgan fingerprint density at radius 3 is 2.60 bits per heavy atom. The minimum atomic E-state index is -0.199. The molecule has 1 aromatic carbocycles. The highest BCUT2D eigenvalue weighted by Crippen LogP contribution is 2.19. The predicted octanol–water partition coefficient (Wildman–Crippen LogP) is 3.00. The Kier molecular flexibility index (Phi) is 4.36. The van der Waals surface area contributed by atoms with E-state index in [-0.39, 0.29) is 5.91 Å². The number of pyridine rings is 1. The Morgan fingerprint density at radius 1 is 1.25 bits per heavy atom. The molecule has 2 aromatic rings. The van der Waals surface area contributed by atoms with Crippen LogP contribution in [-0.4, -0.2) is 10.9 Å². The maximum atomic E-state index is 12.2. The van der Waals surface area contributed by atoms with Gasteiger partial charge in [-0.1, -0.05) is 0 Å². The van der Waals surface area contributed by atoms with Crippen molar-refractivity contribution in [1.82, 2.24) is 4.98 Å². The van der Waals surface area contributed by atoms with E-state index in [1.165, 1.54) is 0 Å². The highest BCUT2D eigenvalue weighted by molar-refractivity contribution is 9.10. The van der Waals surface area contributed by atoms with Gasteiger partial charge >= 0.3 is 0 Å². The van der Waals surface area contributed by atoms with Gasteiger partial charge in [-0.3, -0.25) is 10.6 Å². The summed E-state index contributed by atoms with van der Waals surface area (Å²) in [4.78, 5) is 16.4. The predicted molar refractivity (Wildman–Crippen MR) is 83.6 cm³/mol. The largest absolute Gasteiger partial charge is 0.324 e. The first kappa shape index (κ1) is 14.5. The SMILES string of the molecule is Cc1cc(C(=O)Nc2ncc(Br)cc2C)ccc1NN. The highest BCUT2D eigenvalue weighted by Gasteiger charge is 2.10. The molecule has 0 aliphatic heterocycles. The highest BCUT2D eigenvalue weighted by atomic mass is 79.9. The van der Waals surface area contributed by atoms with Gasteiger partial charge in [0, 0.05) is 16.2 Å². The smallest absolute Gasteiger partial charge is 0.256 e. The number of aromatic nitrogens is 1. The Balaban J connectivity index is 2.21. The molecule has 104 valence electrons. The number of hydrazine groups is 1. The molecule has 0 bridgehead atoms. The summed E-state index contributed by atoms with van der Waals surface area (Å²) in [6, 6.07) is 7.16.